The van der Waals surface area contributed by atoms with Gasteiger partial charge in [0, 0.05) is 6.61 Å². The zero-order valence-electron chi connectivity index (χ0n) is 9.57. The van der Waals surface area contributed by atoms with Crippen LogP contribution in [0.15, 0.2) is 24.3 Å². The molecule has 15 heavy (non-hydrogen) atoms. The molecule has 2 heteroatoms. The van der Waals surface area contributed by atoms with E-state index in [1.807, 2.05) is 12.1 Å². The maximum absolute atomic E-state index is 8.88. The summed E-state index contributed by atoms with van der Waals surface area (Å²) in [6, 6.07) is 8.18. The van der Waals surface area contributed by atoms with Gasteiger partial charge < -0.3 is 9.84 Å². The molecule has 0 heterocycles. The molecule has 1 rings (SSSR count). The average Bonchev–Trinajstić information content (AvgIpc) is 2.29. The second-order valence-electron chi connectivity index (χ2n) is 4.03. The summed E-state index contributed by atoms with van der Waals surface area (Å²) >= 11 is 0. The van der Waals surface area contributed by atoms with Crippen LogP contribution < -0.4 is 4.74 Å². The Balaban J connectivity index is 2.31. The van der Waals surface area contributed by atoms with Gasteiger partial charge in [0.1, 0.15) is 5.75 Å². The van der Waals surface area contributed by atoms with Crippen LogP contribution in [-0.4, -0.2) is 18.8 Å². The molecule has 1 N–H and O–H groups in total. The molecule has 0 saturated carbocycles. The van der Waals surface area contributed by atoms with E-state index in [2.05, 4.69) is 19.1 Å². The molecule has 0 radical (unpaired) electrons. The minimum Gasteiger partial charge on any atom is -0.497 e. The molecule has 1 aromatic rings. The van der Waals surface area contributed by atoms with Crippen molar-refractivity contribution in [2.24, 2.45) is 5.92 Å². The third-order valence-corrected chi connectivity index (χ3v) is 2.63. The zero-order chi connectivity index (χ0) is 11.1. The molecule has 0 fully saturated rings. The summed E-state index contributed by atoms with van der Waals surface area (Å²) in [6.45, 7) is 2.37. The number of hydrogen-bond acceptors (Lipinski definition) is 2. The van der Waals surface area contributed by atoms with Gasteiger partial charge in [-0.05, 0) is 42.9 Å². The Kier molecular flexibility index (Phi) is 5.19. The van der Waals surface area contributed by atoms with E-state index in [1.165, 1.54) is 5.56 Å². The van der Waals surface area contributed by atoms with Crippen LogP contribution in [0, 0.1) is 5.92 Å². The highest BCUT2D eigenvalue weighted by Gasteiger charge is 2.00. The molecule has 0 aliphatic carbocycles. The summed E-state index contributed by atoms with van der Waals surface area (Å²) in [6.07, 6.45) is 3.30. The van der Waals surface area contributed by atoms with Crippen LogP contribution in [0.25, 0.3) is 0 Å². The first-order chi connectivity index (χ1) is 7.26. The molecule has 84 valence electrons. The first kappa shape index (κ1) is 12.1. The number of ether oxygens (including phenoxy) is 1. The Bertz CT molecular complexity index is 266. The molecule has 0 amide bonds. The van der Waals surface area contributed by atoms with Crippen molar-refractivity contribution in [2.75, 3.05) is 13.7 Å². The van der Waals surface area contributed by atoms with Crippen molar-refractivity contribution in [1.29, 1.82) is 0 Å². The van der Waals surface area contributed by atoms with E-state index in [0.29, 0.717) is 12.5 Å². The number of aliphatic hydroxyl groups excluding tert-OH is 1. The van der Waals surface area contributed by atoms with E-state index in [-0.39, 0.29) is 0 Å². The Morgan fingerprint density at radius 2 is 1.93 bits per heavy atom. The van der Waals surface area contributed by atoms with Gasteiger partial charge in [-0.15, -0.1) is 0 Å². The number of aliphatic hydroxyl groups is 1. The van der Waals surface area contributed by atoms with Gasteiger partial charge in [-0.3, -0.25) is 0 Å². The van der Waals surface area contributed by atoms with E-state index in [9.17, 15) is 0 Å². The van der Waals surface area contributed by atoms with Crippen molar-refractivity contribution in [3.05, 3.63) is 29.8 Å². The highest BCUT2D eigenvalue weighted by atomic mass is 16.5. The SMILES string of the molecule is COc1ccc(CCCC(C)CO)cc1. The summed E-state index contributed by atoms with van der Waals surface area (Å²) in [5.74, 6) is 1.32. The Morgan fingerprint density at radius 1 is 1.27 bits per heavy atom. The number of hydrogen-bond donors (Lipinski definition) is 1. The second-order valence-corrected chi connectivity index (χ2v) is 4.03. The Morgan fingerprint density at radius 3 is 2.47 bits per heavy atom. The third-order valence-electron chi connectivity index (χ3n) is 2.63. The molecular formula is C13H20O2. The van der Waals surface area contributed by atoms with Gasteiger partial charge >= 0.3 is 0 Å². The molecule has 1 atom stereocenters. The van der Waals surface area contributed by atoms with Crippen molar-refractivity contribution in [3.63, 3.8) is 0 Å². The number of rotatable bonds is 6. The summed E-state index contributed by atoms with van der Waals surface area (Å²) in [5.41, 5.74) is 1.33. The van der Waals surface area contributed by atoms with Gasteiger partial charge in [0.05, 0.1) is 7.11 Å². The van der Waals surface area contributed by atoms with Crippen LogP contribution in [0.5, 0.6) is 5.75 Å². The lowest BCUT2D eigenvalue weighted by Crippen LogP contribution is -2.00. The molecule has 2 nitrogen and oxygen atoms in total. The number of aryl methyl sites for hydroxylation is 1. The fraction of sp³-hybridized carbons (Fsp3) is 0.538. The van der Waals surface area contributed by atoms with Crippen LogP contribution >= 0.6 is 0 Å². The lowest BCUT2D eigenvalue weighted by atomic mass is 10.0. The lowest BCUT2D eigenvalue weighted by Gasteiger charge is -2.07. The second kappa shape index (κ2) is 6.46. The fourth-order valence-electron chi connectivity index (χ4n) is 1.54. The molecule has 0 spiro atoms. The number of methoxy groups -OCH3 is 1. The highest BCUT2D eigenvalue weighted by Crippen LogP contribution is 2.14. The molecule has 0 bridgehead atoms. The van der Waals surface area contributed by atoms with Crippen molar-refractivity contribution in [2.45, 2.75) is 26.2 Å². The van der Waals surface area contributed by atoms with Crippen molar-refractivity contribution >= 4 is 0 Å². The molecular weight excluding hydrogens is 188 g/mol. The quantitative estimate of drug-likeness (QED) is 0.778. The minimum absolute atomic E-state index is 0.294. The average molecular weight is 208 g/mol. The zero-order valence-corrected chi connectivity index (χ0v) is 9.57. The van der Waals surface area contributed by atoms with Crippen LogP contribution in [0.4, 0.5) is 0 Å². The standard InChI is InChI=1S/C13H20O2/c1-11(10-14)4-3-5-12-6-8-13(15-2)9-7-12/h6-9,11,14H,3-5,10H2,1-2H3. The summed E-state index contributed by atoms with van der Waals surface area (Å²) < 4.78 is 5.10. The number of benzene rings is 1. The van der Waals surface area contributed by atoms with E-state index >= 15 is 0 Å². The fourth-order valence-corrected chi connectivity index (χ4v) is 1.54. The maximum atomic E-state index is 8.88. The summed E-state index contributed by atoms with van der Waals surface area (Å²) in [7, 11) is 1.68. The first-order valence-corrected chi connectivity index (χ1v) is 5.50. The highest BCUT2D eigenvalue weighted by molar-refractivity contribution is 5.27. The maximum Gasteiger partial charge on any atom is 0.118 e. The predicted molar refractivity (Wildman–Crippen MR) is 62.2 cm³/mol. The van der Waals surface area contributed by atoms with Crippen molar-refractivity contribution in [3.8, 4) is 5.75 Å². The van der Waals surface area contributed by atoms with Crippen LogP contribution in [-0.2, 0) is 6.42 Å². The summed E-state index contributed by atoms with van der Waals surface area (Å²) in [5, 5.41) is 8.88. The van der Waals surface area contributed by atoms with Gasteiger partial charge in [-0.1, -0.05) is 19.1 Å². The van der Waals surface area contributed by atoms with E-state index in [1.54, 1.807) is 7.11 Å². The normalized spacial score (nSPS) is 12.5. The van der Waals surface area contributed by atoms with Gasteiger partial charge in [0.2, 0.25) is 0 Å². The van der Waals surface area contributed by atoms with Gasteiger partial charge in [0.15, 0.2) is 0 Å². The topological polar surface area (TPSA) is 29.5 Å². The minimum atomic E-state index is 0.294. The molecule has 0 aliphatic heterocycles. The summed E-state index contributed by atoms with van der Waals surface area (Å²) in [4.78, 5) is 0. The molecule has 0 aliphatic rings. The van der Waals surface area contributed by atoms with E-state index in [4.69, 9.17) is 9.84 Å². The van der Waals surface area contributed by atoms with Gasteiger partial charge in [-0.2, -0.15) is 0 Å². The Hall–Kier alpha value is -1.02. The van der Waals surface area contributed by atoms with Crippen molar-refractivity contribution < 1.29 is 9.84 Å². The van der Waals surface area contributed by atoms with E-state index in [0.717, 1.165) is 25.0 Å². The Labute approximate surface area is 91.9 Å². The molecule has 0 saturated heterocycles. The van der Waals surface area contributed by atoms with Crippen molar-refractivity contribution in [1.82, 2.24) is 0 Å². The van der Waals surface area contributed by atoms with Crippen LogP contribution in [0.3, 0.4) is 0 Å². The first-order valence-electron chi connectivity index (χ1n) is 5.50. The van der Waals surface area contributed by atoms with Crippen LogP contribution in [0.2, 0.25) is 0 Å². The molecule has 0 aromatic heterocycles. The van der Waals surface area contributed by atoms with Crippen LogP contribution in [0.1, 0.15) is 25.3 Å². The van der Waals surface area contributed by atoms with E-state index < -0.39 is 0 Å². The van der Waals surface area contributed by atoms with Gasteiger partial charge in [-0.25, -0.2) is 0 Å². The largest absolute Gasteiger partial charge is 0.497 e. The predicted octanol–water partition coefficient (Wildman–Crippen LogP) is 2.65. The third kappa shape index (κ3) is 4.34. The molecule has 1 aromatic carbocycles. The smallest absolute Gasteiger partial charge is 0.118 e. The lowest BCUT2D eigenvalue weighted by molar-refractivity contribution is 0.228. The van der Waals surface area contributed by atoms with Gasteiger partial charge in [0.25, 0.3) is 0 Å². The monoisotopic (exact) mass is 208 g/mol. The molecule has 1 unspecified atom stereocenters.